The molecule has 152 valence electrons. The Morgan fingerprint density at radius 1 is 1.11 bits per heavy atom. The number of nitrogens with zero attached hydrogens (tertiary/aromatic N) is 1. The fourth-order valence-corrected chi connectivity index (χ4v) is 7.13. The summed E-state index contributed by atoms with van der Waals surface area (Å²) in [6.45, 7) is 11.5. The van der Waals surface area contributed by atoms with E-state index in [1.165, 1.54) is 5.19 Å². The van der Waals surface area contributed by atoms with Crippen LogP contribution in [0, 0.1) is 0 Å². The topological polar surface area (TPSA) is 49.8 Å². The first-order valence-electron chi connectivity index (χ1n) is 9.59. The molecule has 0 fully saturated rings. The summed E-state index contributed by atoms with van der Waals surface area (Å²) in [5, 5.41) is 11.3. The molecule has 0 aliphatic rings. The first-order chi connectivity index (χ1) is 13.1. The molecule has 2 aromatic rings. The largest absolute Gasteiger partial charge is 0.494 e. The van der Waals surface area contributed by atoms with Gasteiger partial charge in [-0.05, 0) is 36.4 Å². The maximum atomic E-state index is 12.2. The van der Waals surface area contributed by atoms with E-state index in [0.29, 0.717) is 12.7 Å². The summed E-state index contributed by atoms with van der Waals surface area (Å²) in [7, 11) is -3.82. The van der Waals surface area contributed by atoms with E-state index in [2.05, 4.69) is 61.2 Å². The summed E-state index contributed by atoms with van der Waals surface area (Å²) in [6.07, 6.45) is -0.882. The molecule has 1 amide bonds. The van der Waals surface area contributed by atoms with Crippen molar-refractivity contribution in [3.05, 3.63) is 53.0 Å². The fourth-order valence-electron chi connectivity index (χ4n) is 3.08. The van der Waals surface area contributed by atoms with Crippen molar-refractivity contribution in [2.24, 2.45) is 0 Å². The predicted molar refractivity (Wildman–Crippen MR) is 126 cm³/mol. The minimum atomic E-state index is -2.28. The Hall–Kier alpha value is -1.58. The lowest BCUT2D eigenvalue weighted by atomic mass is 10.3. The molecule has 0 heterocycles. The van der Waals surface area contributed by atoms with Crippen molar-refractivity contribution in [3.63, 3.8) is 0 Å². The van der Waals surface area contributed by atoms with Crippen LogP contribution in [0.2, 0.25) is 38.3 Å². The molecular formula is C21H30BrNO3Si2. The van der Waals surface area contributed by atoms with Crippen molar-refractivity contribution in [1.82, 2.24) is 0 Å². The van der Waals surface area contributed by atoms with Gasteiger partial charge in [0.25, 0.3) is 0 Å². The van der Waals surface area contributed by atoms with E-state index in [0.717, 1.165) is 22.0 Å². The monoisotopic (exact) mass is 479 g/mol. The standard InChI is InChI=1S/C21H30BrNO3Si2/c1-6-27(2,3)20-12-8-10-18(16-20)23(21(24)25)28(4,5)14-13-26-19-11-7-9-17(22)15-19/h7-12,15-16H,6,13-14H2,1-5H3,(H,24,25). The molecule has 0 radical (unpaired) electrons. The van der Waals surface area contributed by atoms with Crippen LogP contribution in [0.3, 0.4) is 0 Å². The van der Waals surface area contributed by atoms with E-state index in [9.17, 15) is 9.90 Å². The minimum absolute atomic E-state index is 0.494. The van der Waals surface area contributed by atoms with E-state index >= 15 is 0 Å². The van der Waals surface area contributed by atoms with Crippen molar-refractivity contribution in [2.45, 2.75) is 45.2 Å². The van der Waals surface area contributed by atoms with Gasteiger partial charge in [-0.1, -0.05) is 78.5 Å². The molecule has 0 unspecified atom stereocenters. The van der Waals surface area contributed by atoms with E-state index in [1.54, 1.807) is 4.57 Å². The normalized spacial score (nSPS) is 11.9. The molecule has 2 aromatic carbocycles. The van der Waals surface area contributed by atoms with Crippen LogP contribution < -0.4 is 14.5 Å². The number of hydrogen-bond donors (Lipinski definition) is 1. The van der Waals surface area contributed by atoms with Crippen LogP contribution in [0.5, 0.6) is 5.75 Å². The molecule has 28 heavy (non-hydrogen) atoms. The van der Waals surface area contributed by atoms with Crippen molar-refractivity contribution in [2.75, 3.05) is 11.2 Å². The van der Waals surface area contributed by atoms with Gasteiger partial charge >= 0.3 is 6.09 Å². The van der Waals surface area contributed by atoms with Gasteiger partial charge in [-0.15, -0.1) is 0 Å². The van der Waals surface area contributed by atoms with Crippen LogP contribution in [0.4, 0.5) is 10.5 Å². The van der Waals surface area contributed by atoms with Crippen LogP contribution in [0.1, 0.15) is 6.92 Å². The van der Waals surface area contributed by atoms with Crippen LogP contribution in [-0.4, -0.2) is 34.1 Å². The number of carbonyl (C=O) groups is 1. The Labute approximate surface area is 178 Å². The molecule has 0 atom stereocenters. The van der Waals surface area contributed by atoms with Gasteiger partial charge in [0.15, 0.2) is 8.24 Å². The van der Waals surface area contributed by atoms with Gasteiger partial charge in [-0.25, -0.2) is 4.79 Å². The maximum absolute atomic E-state index is 12.2. The Balaban J connectivity index is 2.19. The quantitative estimate of drug-likeness (QED) is 0.461. The molecule has 0 spiro atoms. The summed E-state index contributed by atoms with van der Waals surface area (Å²) < 4.78 is 8.45. The lowest BCUT2D eigenvalue weighted by Gasteiger charge is -2.35. The third-order valence-corrected chi connectivity index (χ3v) is 12.6. The highest BCUT2D eigenvalue weighted by atomic mass is 79.9. The second-order valence-corrected chi connectivity index (χ2v) is 18.8. The lowest BCUT2D eigenvalue weighted by Crippen LogP contribution is -2.53. The number of anilines is 1. The molecular weight excluding hydrogens is 450 g/mol. The van der Waals surface area contributed by atoms with Crippen LogP contribution >= 0.6 is 15.9 Å². The molecule has 4 nitrogen and oxygen atoms in total. The smallest absolute Gasteiger partial charge is 0.403 e. The Kier molecular flexibility index (Phi) is 7.53. The predicted octanol–water partition coefficient (Wildman–Crippen LogP) is 6.15. The lowest BCUT2D eigenvalue weighted by molar-refractivity contribution is 0.205. The van der Waals surface area contributed by atoms with Gasteiger partial charge < -0.3 is 14.4 Å². The van der Waals surface area contributed by atoms with Crippen LogP contribution in [0.15, 0.2) is 53.0 Å². The van der Waals surface area contributed by atoms with Gasteiger partial charge in [0, 0.05) is 10.2 Å². The molecule has 0 saturated heterocycles. The Bertz CT molecular complexity index is 827. The van der Waals surface area contributed by atoms with Crippen molar-refractivity contribution in [1.29, 1.82) is 0 Å². The third kappa shape index (κ3) is 5.71. The van der Waals surface area contributed by atoms with Gasteiger partial charge in [-0.3, -0.25) is 0 Å². The van der Waals surface area contributed by atoms with Crippen molar-refractivity contribution < 1.29 is 14.6 Å². The number of ether oxygens (including phenoxy) is 1. The van der Waals surface area contributed by atoms with E-state index in [-0.39, 0.29) is 0 Å². The molecule has 0 aromatic heterocycles. The highest BCUT2D eigenvalue weighted by Crippen LogP contribution is 2.26. The van der Waals surface area contributed by atoms with Gasteiger partial charge in [0.1, 0.15) is 5.75 Å². The second-order valence-electron chi connectivity index (χ2n) is 8.27. The first-order valence-corrected chi connectivity index (χ1v) is 16.7. The number of amides is 1. The minimum Gasteiger partial charge on any atom is -0.494 e. The molecule has 0 aliphatic carbocycles. The average Bonchev–Trinajstić information content (AvgIpc) is 2.61. The molecule has 0 aliphatic heterocycles. The maximum Gasteiger partial charge on any atom is 0.403 e. The first kappa shape index (κ1) is 22.7. The van der Waals surface area contributed by atoms with E-state index in [1.807, 2.05) is 36.4 Å². The van der Waals surface area contributed by atoms with Crippen LogP contribution in [-0.2, 0) is 0 Å². The Morgan fingerprint density at radius 3 is 2.39 bits per heavy atom. The number of benzene rings is 2. The summed E-state index contributed by atoms with van der Waals surface area (Å²) >= 11 is 3.44. The molecule has 7 heteroatoms. The molecule has 1 N–H and O–H groups in total. The number of rotatable bonds is 8. The highest BCUT2D eigenvalue weighted by Gasteiger charge is 2.35. The average molecular weight is 481 g/mol. The summed E-state index contributed by atoms with van der Waals surface area (Å²) in [4.78, 5) is 12.2. The van der Waals surface area contributed by atoms with E-state index < -0.39 is 22.4 Å². The Morgan fingerprint density at radius 2 is 1.79 bits per heavy atom. The molecule has 0 saturated carbocycles. The van der Waals surface area contributed by atoms with Crippen LogP contribution in [0.25, 0.3) is 0 Å². The van der Waals surface area contributed by atoms with Gasteiger partial charge in [-0.2, -0.15) is 0 Å². The fraction of sp³-hybridized carbons (Fsp3) is 0.381. The summed E-state index contributed by atoms with van der Waals surface area (Å²) in [5.74, 6) is 0.791. The SMILES string of the molecule is CC[Si](C)(C)c1cccc(N(C(=O)O)[Si](C)(C)CCOc2cccc(Br)c2)c1. The highest BCUT2D eigenvalue weighted by molar-refractivity contribution is 9.10. The number of halogens is 1. The zero-order chi connectivity index (χ0) is 20.9. The zero-order valence-electron chi connectivity index (χ0n) is 17.3. The summed E-state index contributed by atoms with van der Waals surface area (Å²) in [5.41, 5.74) is 0.790. The van der Waals surface area contributed by atoms with Crippen molar-refractivity contribution in [3.8, 4) is 5.75 Å². The second kappa shape index (κ2) is 9.28. The zero-order valence-corrected chi connectivity index (χ0v) is 20.9. The van der Waals surface area contributed by atoms with Gasteiger partial charge in [0.2, 0.25) is 0 Å². The third-order valence-electron chi connectivity index (χ3n) is 5.35. The van der Waals surface area contributed by atoms with Gasteiger partial charge in [0.05, 0.1) is 14.7 Å². The number of carboxylic acid groups (broad SMARTS) is 1. The molecule has 2 rings (SSSR count). The van der Waals surface area contributed by atoms with Crippen molar-refractivity contribution >= 4 is 49.2 Å². The van der Waals surface area contributed by atoms with E-state index in [4.69, 9.17) is 4.74 Å². The molecule has 0 bridgehead atoms. The number of hydrogen-bond acceptors (Lipinski definition) is 2. The summed E-state index contributed by atoms with van der Waals surface area (Å²) in [6, 6.07) is 17.7.